The Hall–Kier alpha value is -1.03. The lowest BCUT2D eigenvalue weighted by atomic mass is 10.1. The predicted molar refractivity (Wildman–Crippen MR) is 56.0 cm³/mol. The Balaban J connectivity index is 2.07. The van der Waals surface area contributed by atoms with Crippen LogP contribution in [0.1, 0.15) is 29.1 Å². The zero-order valence-electron chi connectivity index (χ0n) is 8.57. The highest BCUT2D eigenvalue weighted by Gasteiger charge is 2.24. The van der Waals surface area contributed by atoms with Crippen LogP contribution in [-0.2, 0) is 0 Å². The van der Waals surface area contributed by atoms with E-state index >= 15 is 0 Å². The maximum absolute atomic E-state index is 11.9. The lowest BCUT2D eigenvalue weighted by Gasteiger charge is -2.28. The van der Waals surface area contributed by atoms with Crippen molar-refractivity contribution in [2.24, 2.45) is 0 Å². The van der Waals surface area contributed by atoms with Crippen LogP contribution in [0.5, 0.6) is 0 Å². The predicted octanol–water partition coefficient (Wildman–Crippen LogP) is 1.83. The first-order chi connectivity index (χ1) is 7.16. The Morgan fingerprint density at radius 2 is 2.53 bits per heavy atom. The van der Waals surface area contributed by atoms with Gasteiger partial charge in [0.15, 0.2) is 5.69 Å². The zero-order valence-corrected chi connectivity index (χ0v) is 9.33. The van der Waals surface area contributed by atoms with Gasteiger partial charge in [0, 0.05) is 19.2 Å². The first-order valence-electron chi connectivity index (χ1n) is 5.03. The van der Waals surface area contributed by atoms with E-state index in [9.17, 15) is 4.79 Å². The summed E-state index contributed by atoms with van der Waals surface area (Å²) in [6, 6.07) is 1.65. The summed E-state index contributed by atoms with van der Waals surface area (Å²) < 4.78 is 4.87. The number of aromatic nitrogens is 1. The number of aryl methyl sites for hydroxylation is 1. The van der Waals surface area contributed by atoms with E-state index in [1.165, 1.54) is 0 Å². The summed E-state index contributed by atoms with van der Waals surface area (Å²) in [5.41, 5.74) is 0.373. The van der Waals surface area contributed by atoms with Crippen LogP contribution in [0.25, 0.3) is 0 Å². The highest BCUT2D eigenvalue weighted by atomic mass is 35.5. The summed E-state index contributed by atoms with van der Waals surface area (Å²) in [6.07, 6.45) is 1.93. The normalized spacial score (nSPS) is 21.7. The molecule has 1 aromatic rings. The van der Waals surface area contributed by atoms with Gasteiger partial charge in [-0.25, -0.2) is 0 Å². The second-order valence-corrected chi connectivity index (χ2v) is 4.43. The Morgan fingerprint density at radius 3 is 3.13 bits per heavy atom. The SMILES string of the molecule is Cc1cc(C(=O)N2CCCC(Cl)C2)no1. The van der Waals surface area contributed by atoms with E-state index in [0.29, 0.717) is 18.0 Å². The van der Waals surface area contributed by atoms with Crippen LogP contribution >= 0.6 is 11.6 Å². The maximum atomic E-state index is 11.9. The molecule has 1 aromatic heterocycles. The van der Waals surface area contributed by atoms with Crippen molar-refractivity contribution in [2.45, 2.75) is 25.1 Å². The Morgan fingerprint density at radius 1 is 1.73 bits per heavy atom. The van der Waals surface area contributed by atoms with Crippen LogP contribution in [0.2, 0.25) is 0 Å². The maximum Gasteiger partial charge on any atom is 0.276 e. The molecule has 0 radical (unpaired) electrons. The fourth-order valence-electron chi connectivity index (χ4n) is 1.74. The monoisotopic (exact) mass is 228 g/mol. The molecule has 0 spiro atoms. The van der Waals surface area contributed by atoms with Crippen molar-refractivity contribution in [2.75, 3.05) is 13.1 Å². The molecule has 0 aliphatic carbocycles. The van der Waals surface area contributed by atoms with Gasteiger partial charge in [-0.15, -0.1) is 11.6 Å². The van der Waals surface area contributed by atoms with Gasteiger partial charge in [0.1, 0.15) is 5.76 Å². The molecule has 0 saturated carbocycles. The topological polar surface area (TPSA) is 46.3 Å². The molecule has 82 valence electrons. The lowest BCUT2D eigenvalue weighted by molar-refractivity contribution is 0.0716. The molecule has 1 aliphatic rings. The number of alkyl halides is 1. The minimum atomic E-state index is -0.0859. The van der Waals surface area contributed by atoms with Crippen LogP contribution in [0.4, 0.5) is 0 Å². The first kappa shape index (κ1) is 10.5. The number of amides is 1. The quantitative estimate of drug-likeness (QED) is 0.689. The van der Waals surface area contributed by atoms with Gasteiger partial charge in [-0.05, 0) is 19.8 Å². The van der Waals surface area contributed by atoms with Gasteiger partial charge in [0.25, 0.3) is 5.91 Å². The Labute approximate surface area is 93.2 Å². The average molecular weight is 229 g/mol. The van der Waals surface area contributed by atoms with E-state index in [2.05, 4.69) is 5.16 Å². The third-order valence-electron chi connectivity index (χ3n) is 2.50. The number of hydrogen-bond donors (Lipinski definition) is 0. The van der Waals surface area contributed by atoms with E-state index in [0.717, 1.165) is 19.4 Å². The molecule has 2 rings (SSSR count). The second kappa shape index (κ2) is 4.23. The number of piperidine rings is 1. The Bertz CT molecular complexity index is 364. The highest BCUT2D eigenvalue weighted by molar-refractivity contribution is 6.21. The molecule has 1 unspecified atom stereocenters. The van der Waals surface area contributed by atoms with E-state index in [1.54, 1.807) is 17.9 Å². The molecule has 0 bridgehead atoms. The van der Waals surface area contributed by atoms with Crippen molar-refractivity contribution in [3.63, 3.8) is 0 Å². The van der Waals surface area contributed by atoms with Crippen molar-refractivity contribution in [1.29, 1.82) is 0 Å². The number of rotatable bonds is 1. The van der Waals surface area contributed by atoms with E-state index in [1.807, 2.05) is 0 Å². The third-order valence-corrected chi connectivity index (χ3v) is 2.85. The number of likely N-dealkylation sites (tertiary alicyclic amines) is 1. The van der Waals surface area contributed by atoms with Crippen molar-refractivity contribution >= 4 is 17.5 Å². The van der Waals surface area contributed by atoms with Gasteiger partial charge in [-0.1, -0.05) is 5.16 Å². The van der Waals surface area contributed by atoms with E-state index < -0.39 is 0 Å². The number of carbonyl (C=O) groups excluding carboxylic acids is 1. The summed E-state index contributed by atoms with van der Waals surface area (Å²) in [7, 11) is 0. The molecule has 1 fully saturated rings. The lowest BCUT2D eigenvalue weighted by Crippen LogP contribution is -2.40. The smallest absolute Gasteiger partial charge is 0.276 e. The highest BCUT2D eigenvalue weighted by Crippen LogP contribution is 2.17. The fraction of sp³-hybridized carbons (Fsp3) is 0.600. The van der Waals surface area contributed by atoms with E-state index in [4.69, 9.17) is 16.1 Å². The van der Waals surface area contributed by atoms with Gasteiger partial charge in [0.05, 0.1) is 5.38 Å². The van der Waals surface area contributed by atoms with Gasteiger partial charge in [0.2, 0.25) is 0 Å². The summed E-state index contributed by atoms with van der Waals surface area (Å²) >= 11 is 6.01. The first-order valence-corrected chi connectivity index (χ1v) is 5.47. The minimum absolute atomic E-state index is 0.0655. The zero-order chi connectivity index (χ0) is 10.8. The van der Waals surface area contributed by atoms with E-state index in [-0.39, 0.29) is 11.3 Å². The Kier molecular flexibility index (Phi) is 2.95. The standard InChI is InChI=1S/C10H13ClN2O2/c1-7-5-9(12-15-7)10(14)13-4-2-3-8(11)6-13/h5,8H,2-4,6H2,1H3. The van der Waals surface area contributed by atoms with Gasteiger partial charge >= 0.3 is 0 Å². The molecule has 5 heteroatoms. The van der Waals surface area contributed by atoms with Gasteiger partial charge in [-0.2, -0.15) is 0 Å². The van der Waals surface area contributed by atoms with Gasteiger partial charge in [-0.3, -0.25) is 4.79 Å². The van der Waals surface area contributed by atoms with Crippen LogP contribution < -0.4 is 0 Å². The van der Waals surface area contributed by atoms with Crippen molar-refractivity contribution < 1.29 is 9.32 Å². The van der Waals surface area contributed by atoms with Crippen LogP contribution in [0.15, 0.2) is 10.6 Å². The molecule has 1 amide bonds. The third kappa shape index (κ3) is 2.31. The number of carbonyl (C=O) groups is 1. The summed E-state index contributed by atoms with van der Waals surface area (Å²) in [5, 5.41) is 3.77. The largest absolute Gasteiger partial charge is 0.361 e. The molecule has 1 saturated heterocycles. The molecule has 0 aromatic carbocycles. The molecule has 1 atom stereocenters. The van der Waals surface area contributed by atoms with Crippen molar-refractivity contribution in [3.05, 3.63) is 17.5 Å². The van der Waals surface area contributed by atoms with Crippen molar-refractivity contribution in [1.82, 2.24) is 10.1 Å². The van der Waals surface area contributed by atoms with Gasteiger partial charge < -0.3 is 9.42 Å². The minimum Gasteiger partial charge on any atom is -0.361 e. The van der Waals surface area contributed by atoms with Crippen LogP contribution in [0.3, 0.4) is 0 Å². The molecule has 0 N–H and O–H groups in total. The number of nitrogens with zero attached hydrogens (tertiary/aromatic N) is 2. The molecule has 2 heterocycles. The fourth-order valence-corrected chi connectivity index (χ4v) is 2.06. The molecule has 4 nitrogen and oxygen atoms in total. The second-order valence-electron chi connectivity index (χ2n) is 3.81. The molecular weight excluding hydrogens is 216 g/mol. The average Bonchev–Trinajstić information content (AvgIpc) is 2.64. The molecule has 1 aliphatic heterocycles. The molecular formula is C10H13ClN2O2. The summed E-state index contributed by atoms with van der Waals surface area (Å²) in [4.78, 5) is 13.6. The van der Waals surface area contributed by atoms with Crippen molar-refractivity contribution in [3.8, 4) is 0 Å². The summed E-state index contributed by atoms with van der Waals surface area (Å²) in [6.45, 7) is 3.13. The molecule has 15 heavy (non-hydrogen) atoms. The number of halogens is 1. The number of hydrogen-bond acceptors (Lipinski definition) is 3. The van der Waals surface area contributed by atoms with Crippen LogP contribution in [-0.4, -0.2) is 34.4 Å². The summed E-state index contributed by atoms with van der Waals surface area (Å²) in [5.74, 6) is 0.565. The van der Waals surface area contributed by atoms with Crippen LogP contribution in [0, 0.1) is 6.92 Å².